The van der Waals surface area contributed by atoms with Crippen LogP contribution in [-0.4, -0.2) is 11.5 Å². The van der Waals surface area contributed by atoms with Gasteiger partial charge in [0.05, 0.1) is 8.79 Å². The summed E-state index contributed by atoms with van der Waals surface area (Å²) in [7, 11) is 0. The number of hydrogen-bond donors (Lipinski definition) is 1. The van der Waals surface area contributed by atoms with E-state index in [0.717, 1.165) is 13.0 Å². The van der Waals surface area contributed by atoms with Crippen LogP contribution < -0.4 is 5.32 Å². The molecule has 5 heteroatoms. The molecule has 2 aromatic heterocycles. The number of likely N-dealkylation sites (N-methyl/N-ethyl adjacent to an activating group) is 1. The predicted molar refractivity (Wildman–Crippen MR) is 74.3 cm³/mol. The first kappa shape index (κ1) is 12.2. The molecule has 2 aromatic rings. The topological polar surface area (TPSA) is 24.9 Å². The number of thiophene rings is 1. The third kappa shape index (κ3) is 3.13. The Morgan fingerprint density at radius 1 is 1.50 bits per heavy atom. The van der Waals surface area contributed by atoms with Crippen LogP contribution in [0, 0.1) is 0 Å². The molecule has 2 nitrogen and oxygen atoms in total. The quantitative estimate of drug-likeness (QED) is 0.906. The lowest BCUT2D eigenvalue weighted by molar-refractivity contribution is 0.557. The number of nitrogens with zero attached hydrogens (tertiary/aromatic N) is 1. The molecule has 0 saturated carbocycles. The van der Waals surface area contributed by atoms with E-state index >= 15 is 0 Å². The van der Waals surface area contributed by atoms with Crippen LogP contribution in [-0.2, 0) is 6.42 Å². The maximum absolute atomic E-state index is 4.34. The Balaban J connectivity index is 2.11. The third-order valence-electron chi connectivity index (χ3n) is 2.25. The van der Waals surface area contributed by atoms with Crippen molar-refractivity contribution < 1.29 is 0 Å². The highest BCUT2D eigenvalue weighted by Gasteiger charge is 2.14. The second kappa shape index (κ2) is 5.91. The van der Waals surface area contributed by atoms with Gasteiger partial charge in [-0.25, -0.2) is 4.98 Å². The molecule has 0 bridgehead atoms. The highest BCUT2D eigenvalue weighted by atomic mass is 79.9. The zero-order valence-electron chi connectivity index (χ0n) is 8.94. The van der Waals surface area contributed by atoms with Gasteiger partial charge in [-0.1, -0.05) is 6.92 Å². The lowest BCUT2D eigenvalue weighted by Gasteiger charge is -2.14. The van der Waals surface area contributed by atoms with Gasteiger partial charge in [-0.05, 0) is 34.6 Å². The van der Waals surface area contributed by atoms with Gasteiger partial charge < -0.3 is 5.32 Å². The number of halogens is 1. The van der Waals surface area contributed by atoms with Gasteiger partial charge >= 0.3 is 0 Å². The molecule has 2 heterocycles. The van der Waals surface area contributed by atoms with Crippen molar-refractivity contribution in [3.05, 3.63) is 37.4 Å². The highest BCUT2D eigenvalue weighted by Crippen LogP contribution is 2.29. The molecule has 0 aliphatic carbocycles. The van der Waals surface area contributed by atoms with E-state index < -0.39 is 0 Å². The molecule has 0 saturated heterocycles. The van der Waals surface area contributed by atoms with Crippen LogP contribution in [0.15, 0.2) is 27.5 Å². The molecule has 2 rings (SSSR count). The van der Waals surface area contributed by atoms with Crippen molar-refractivity contribution in [3.8, 4) is 0 Å². The summed E-state index contributed by atoms with van der Waals surface area (Å²) in [5.41, 5.74) is 0. The van der Waals surface area contributed by atoms with Crippen molar-refractivity contribution >= 4 is 38.6 Å². The second-order valence-corrected chi connectivity index (χ2v) is 6.86. The van der Waals surface area contributed by atoms with Crippen molar-refractivity contribution in [2.75, 3.05) is 6.54 Å². The van der Waals surface area contributed by atoms with E-state index in [0.29, 0.717) is 6.04 Å². The summed E-state index contributed by atoms with van der Waals surface area (Å²) in [6.45, 7) is 3.11. The molecule has 0 aliphatic heterocycles. The summed E-state index contributed by atoms with van der Waals surface area (Å²) in [5, 5.41) is 6.73. The van der Waals surface area contributed by atoms with Gasteiger partial charge in [0.2, 0.25) is 0 Å². The minimum atomic E-state index is 0.382. The summed E-state index contributed by atoms with van der Waals surface area (Å²) < 4.78 is 1.18. The largest absolute Gasteiger partial charge is 0.309 e. The Bertz CT molecular complexity index is 425. The van der Waals surface area contributed by atoms with Crippen molar-refractivity contribution in [2.45, 2.75) is 19.4 Å². The van der Waals surface area contributed by atoms with Crippen LogP contribution in [0.5, 0.6) is 0 Å². The van der Waals surface area contributed by atoms with Crippen LogP contribution in [0.3, 0.4) is 0 Å². The lowest BCUT2D eigenvalue weighted by atomic mass is 10.2. The molecule has 0 aliphatic rings. The molecule has 0 amide bonds. The Hall–Kier alpha value is -0.230. The van der Waals surface area contributed by atoms with Crippen LogP contribution in [0.4, 0.5) is 0 Å². The highest BCUT2D eigenvalue weighted by molar-refractivity contribution is 9.11. The van der Waals surface area contributed by atoms with Gasteiger partial charge in [-0.3, -0.25) is 0 Å². The Labute approximate surface area is 112 Å². The lowest BCUT2D eigenvalue weighted by Crippen LogP contribution is -2.21. The number of aromatic nitrogens is 1. The molecule has 86 valence electrons. The fourth-order valence-electron chi connectivity index (χ4n) is 1.56. The fourth-order valence-corrected chi connectivity index (χ4v) is 3.73. The standard InChI is InChI=1S/C11H13BrN2S2/c1-2-13-8(7-11-14-5-6-15-11)9-3-4-10(12)16-9/h3-6,8,13H,2,7H2,1H3. The molecule has 1 atom stereocenters. The Kier molecular flexibility index (Phi) is 4.52. The molecular weight excluding hydrogens is 304 g/mol. The van der Waals surface area contributed by atoms with Gasteiger partial charge in [0.15, 0.2) is 0 Å². The van der Waals surface area contributed by atoms with Crippen LogP contribution in [0.25, 0.3) is 0 Å². The van der Waals surface area contributed by atoms with E-state index in [9.17, 15) is 0 Å². The molecule has 0 radical (unpaired) electrons. The monoisotopic (exact) mass is 316 g/mol. The van der Waals surface area contributed by atoms with Crippen molar-refractivity contribution in [1.82, 2.24) is 10.3 Å². The molecule has 0 spiro atoms. The summed E-state index contributed by atoms with van der Waals surface area (Å²) in [6.07, 6.45) is 2.84. The smallest absolute Gasteiger partial charge is 0.0944 e. The summed E-state index contributed by atoms with van der Waals surface area (Å²) in [5.74, 6) is 0. The minimum Gasteiger partial charge on any atom is -0.309 e. The maximum Gasteiger partial charge on any atom is 0.0944 e. The summed E-state index contributed by atoms with van der Waals surface area (Å²) in [6, 6.07) is 4.66. The minimum absolute atomic E-state index is 0.382. The van der Waals surface area contributed by atoms with Crippen LogP contribution >= 0.6 is 38.6 Å². The average Bonchev–Trinajstić information content (AvgIpc) is 2.88. The van der Waals surface area contributed by atoms with Gasteiger partial charge in [0, 0.05) is 28.9 Å². The summed E-state index contributed by atoms with van der Waals surface area (Å²) >= 11 is 7.02. The van der Waals surface area contributed by atoms with Crippen molar-refractivity contribution in [1.29, 1.82) is 0 Å². The number of hydrogen-bond acceptors (Lipinski definition) is 4. The van der Waals surface area contributed by atoms with Gasteiger partial charge in [-0.15, -0.1) is 22.7 Å². The molecule has 1 unspecified atom stereocenters. The number of nitrogens with one attached hydrogen (secondary N) is 1. The SMILES string of the molecule is CCNC(Cc1nccs1)c1ccc(Br)s1. The number of rotatable bonds is 5. The molecule has 0 aromatic carbocycles. The fraction of sp³-hybridized carbons (Fsp3) is 0.364. The second-order valence-electron chi connectivity index (χ2n) is 3.38. The maximum atomic E-state index is 4.34. The zero-order valence-corrected chi connectivity index (χ0v) is 12.2. The van der Waals surface area contributed by atoms with Gasteiger partial charge in [0.1, 0.15) is 0 Å². The van der Waals surface area contributed by atoms with E-state index in [4.69, 9.17) is 0 Å². The Morgan fingerprint density at radius 2 is 2.38 bits per heavy atom. The molecule has 16 heavy (non-hydrogen) atoms. The molecule has 1 N–H and O–H groups in total. The number of thiazole rings is 1. The summed E-state index contributed by atoms with van der Waals surface area (Å²) in [4.78, 5) is 5.71. The normalized spacial score (nSPS) is 12.9. The van der Waals surface area contributed by atoms with E-state index in [1.807, 2.05) is 11.6 Å². The van der Waals surface area contributed by atoms with Crippen molar-refractivity contribution in [3.63, 3.8) is 0 Å². The molecule has 0 fully saturated rings. The van der Waals surface area contributed by atoms with E-state index in [1.165, 1.54) is 13.7 Å². The van der Waals surface area contributed by atoms with Gasteiger partial charge in [-0.2, -0.15) is 0 Å². The first-order valence-electron chi connectivity index (χ1n) is 5.16. The van der Waals surface area contributed by atoms with Crippen LogP contribution in [0.2, 0.25) is 0 Å². The molecular formula is C11H13BrN2S2. The van der Waals surface area contributed by atoms with Gasteiger partial charge in [0.25, 0.3) is 0 Å². The third-order valence-corrected chi connectivity index (χ3v) is 4.79. The first-order chi connectivity index (χ1) is 7.79. The van der Waals surface area contributed by atoms with E-state index in [2.05, 4.69) is 45.3 Å². The predicted octanol–water partition coefficient (Wildman–Crippen LogP) is 3.86. The Morgan fingerprint density at radius 3 is 2.94 bits per heavy atom. The van der Waals surface area contributed by atoms with E-state index in [-0.39, 0.29) is 0 Å². The zero-order chi connectivity index (χ0) is 11.4. The van der Waals surface area contributed by atoms with Crippen molar-refractivity contribution in [2.24, 2.45) is 0 Å². The average molecular weight is 317 g/mol. The first-order valence-corrected chi connectivity index (χ1v) is 7.65. The van der Waals surface area contributed by atoms with E-state index in [1.54, 1.807) is 22.7 Å². The van der Waals surface area contributed by atoms with Crippen LogP contribution in [0.1, 0.15) is 22.9 Å².